The van der Waals surface area contributed by atoms with Crippen molar-refractivity contribution in [3.63, 3.8) is 0 Å². The Kier molecular flexibility index (Phi) is 3.58. The fourth-order valence-corrected chi connectivity index (χ4v) is 2.07. The van der Waals surface area contributed by atoms with Crippen LogP contribution in [0.3, 0.4) is 0 Å². The Hall–Kier alpha value is -0.910. The summed E-state index contributed by atoms with van der Waals surface area (Å²) in [7, 11) is 0. The lowest BCUT2D eigenvalue weighted by molar-refractivity contribution is -0.0551. The van der Waals surface area contributed by atoms with E-state index in [1.807, 2.05) is 13.8 Å². The summed E-state index contributed by atoms with van der Waals surface area (Å²) in [5, 5.41) is 16.3. The number of aryl methyl sites for hydroxylation is 2. The molecule has 1 aromatic rings. The van der Waals surface area contributed by atoms with Crippen molar-refractivity contribution in [1.82, 2.24) is 15.1 Å². The number of nitrogens with zero attached hydrogens (tertiary/aromatic N) is 2. The Labute approximate surface area is 95.4 Å². The predicted octanol–water partition coefficient (Wildman–Crippen LogP) is 0.220. The van der Waals surface area contributed by atoms with Crippen LogP contribution in [0.4, 0.5) is 0 Å². The van der Waals surface area contributed by atoms with Gasteiger partial charge >= 0.3 is 0 Å². The summed E-state index contributed by atoms with van der Waals surface area (Å²) < 4.78 is 5.42. The monoisotopic (exact) mass is 225 g/mol. The smallest absolute Gasteiger partial charge is 0.0933 e. The summed E-state index contributed by atoms with van der Waals surface area (Å²) in [6.07, 6.45) is -0.0405. The molecule has 0 radical (unpaired) electrons. The highest BCUT2D eigenvalue weighted by molar-refractivity contribution is 5.22. The molecule has 0 spiro atoms. The quantitative estimate of drug-likeness (QED) is 0.772. The molecule has 16 heavy (non-hydrogen) atoms. The molecule has 1 saturated heterocycles. The molecule has 0 aliphatic carbocycles. The summed E-state index contributed by atoms with van der Waals surface area (Å²) >= 11 is 0. The van der Waals surface area contributed by atoms with E-state index in [2.05, 4.69) is 15.1 Å². The first-order valence-electron chi connectivity index (χ1n) is 5.66. The van der Waals surface area contributed by atoms with Gasteiger partial charge in [0.1, 0.15) is 0 Å². The molecule has 1 atom stereocenters. The average Bonchev–Trinajstić information content (AvgIpc) is 2.61. The zero-order valence-electron chi connectivity index (χ0n) is 9.86. The third-order valence-electron chi connectivity index (χ3n) is 3.09. The Morgan fingerprint density at radius 1 is 1.56 bits per heavy atom. The molecule has 1 fully saturated rings. The molecule has 5 nitrogen and oxygen atoms in total. The van der Waals surface area contributed by atoms with Gasteiger partial charge in [-0.25, -0.2) is 0 Å². The molecule has 1 aliphatic rings. The van der Waals surface area contributed by atoms with Crippen LogP contribution in [0.25, 0.3) is 0 Å². The third kappa shape index (κ3) is 2.42. The SMILES string of the molecule is Cc1n[nH]c(C)c1CN1CCOC(CO)C1. The minimum atomic E-state index is -0.0405. The molecule has 1 aliphatic heterocycles. The second-order valence-corrected chi connectivity index (χ2v) is 4.32. The molecular formula is C11H19N3O2. The number of aliphatic hydroxyl groups excluding tert-OH is 1. The van der Waals surface area contributed by atoms with Gasteiger partial charge in [-0.2, -0.15) is 5.10 Å². The first kappa shape index (κ1) is 11.6. The Balaban J connectivity index is 1.99. The third-order valence-corrected chi connectivity index (χ3v) is 3.09. The highest BCUT2D eigenvalue weighted by Gasteiger charge is 2.21. The first-order valence-corrected chi connectivity index (χ1v) is 5.66. The number of hydrogen-bond acceptors (Lipinski definition) is 4. The molecule has 1 aromatic heterocycles. The van der Waals surface area contributed by atoms with Gasteiger partial charge in [0, 0.05) is 30.9 Å². The molecule has 0 bridgehead atoms. The number of hydrogen-bond donors (Lipinski definition) is 2. The number of morpholine rings is 1. The van der Waals surface area contributed by atoms with E-state index in [0.29, 0.717) is 6.61 Å². The fraction of sp³-hybridized carbons (Fsp3) is 0.727. The minimum absolute atomic E-state index is 0.0405. The molecular weight excluding hydrogens is 206 g/mol. The van der Waals surface area contributed by atoms with Gasteiger partial charge < -0.3 is 9.84 Å². The van der Waals surface area contributed by atoms with Crippen LogP contribution in [0, 0.1) is 13.8 Å². The van der Waals surface area contributed by atoms with Crippen LogP contribution >= 0.6 is 0 Å². The predicted molar refractivity (Wildman–Crippen MR) is 60.2 cm³/mol. The standard InChI is InChI=1S/C11H19N3O2/c1-8-11(9(2)13-12-8)6-14-3-4-16-10(5-14)7-15/h10,15H,3-7H2,1-2H3,(H,12,13). The van der Waals surface area contributed by atoms with Crippen molar-refractivity contribution in [1.29, 1.82) is 0 Å². The molecule has 90 valence electrons. The second kappa shape index (κ2) is 4.95. The van der Waals surface area contributed by atoms with E-state index >= 15 is 0 Å². The molecule has 0 amide bonds. The second-order valence-electron chi connectivity index (χ2n) is 4.32. The zero-order valence-corrected chi connectivity index (χ0v) is 9.86. The van der Waals surface area contributed by atoms with E-state index in [1.165, 1.54) is 5.56 Å². The van der Waals surface area contributed by atoms with Crippen molar-refractivity contribution in [3.8, 4) is 0 Å². The topological polar surface area (TPSA) is 61.4 Å². The normalized spacial score (nSPS) is 22.6. The van der Waals surface area contributed by atoms with Crippen LogP contribution in [0.1, 0.15) is 17.0 Å². The highest BCUT2D eigenvalue weighted by Crippen LogP contribution is 2.15. The molecule has 5 heteroatoms. The minimum Gasteiger partial charge on any atom is -0.394 e. The average molecular weight is 225 g/mol. The van der Waals surface area contributed by atoms with Gasteiger partial charge in [-0.1, -0.05) is 0 Å². The summed E-state index contributed by atoms with van der Waals surface area (Å²) in [6, 6.07) is 0. The van der Waals surface area contributed by atoms with Gasteiger partial charge in [0.15, 0.2) is 0 Å². The van der Waals surface area contributed by atoms with Crippen LogP contribution in [0.5, 0.6) is 0 Å². The van der Waals surface area contributed by atoms with E-state index in [0.717, 1.165) is 31.0 Å². The number of H-pyrrole nitrogens is 1. The van der Waals surface area contributed by atoms with Gasteiger partial charge in [0.25, 0.3) is 0 Å². The van der Waals surface area contributed by atoms with Gasteiger partial charge in [-0.15, -0.1) is 0 Å². The van der Waals surface area contributed by atoms with Gasteiger partial charge in [0.05, 0.1) is 25.0 Å². The summed E-state index contributed by atoms with van der Waals surface area (Å²) in [4.78, 5) is 2.30. The van der Waals surface area contributed by atoms with E-state index in [-0.39, 0.29) is 12.7 Å². The Bertz CT molecular complexity index is 331. The van der Waals surface area contributed by atoms with Crippen LogP contribution in [0.2, 0.25) is 0 Å². The number of aromatic amines is 1. The number of ether oxygens (including phenoxy) is 1. The fourth-order valence-electron chi connectivity index (χ4n) is 2.07. The molecule has 0 saturated carbocycles. The van der Waals surface area contributed by atoms with Crippen LogP contribution in [-0.4, -0.2) is 52.6 Å². The zero-order chi connectivity index (χ0) is 11.5. The van der Waals surface area contributed by atoms with E-state index in [1.54, 1.807) is 0 Å². The maximum atomic E-state index is 9.07. The molecule has 2 rings (SSSR count). The summed E-state index contributed by atoms with van der Waals surface area (Å²) in [5.74, 6) is 0. The molecule has 2 heterocycles. The molecule has 2 N–H and O–H groups in total. The van der Waals surface area contributed by atoms with Crippen molar-refractivity contribution in [2.24, 2.45) is 0 Å². The maximum absolute atomic E-state index is 9.07. The van der Waals surface area contributed by atoms with Crippen molar-refractivity contribution in [2.75, 3.05) is 26.3 Å². The Morgan fingerprint density at radius 3 is 3.00 bits per heavy atom. The van der Waals surface area contributed by atoms with Crippen LogP contribution < -0.4 is 0 Å². The van der Waals surface area contributed by atoms with Crippen molar-refractivity contribution in [2.45, 2.75) is 26.5 Å². The Morgan fingerprint density at radius 2 is 2.38 bits per heavy atom. The molecule has 1 unspecified atom stereocenters. The lowest BCUT2D eigenvalue weighted by atomic mass is 10.1. The molecule has 0 aromatic carbocycles. The van der Waals surface area contributed by atoms with E-state index in [4.69, 9.17) is 9.84 Å². The maximum Gasteiger partial charge on any atom is 0.0933 e. The lowest BCUT2D eigenvalue weighted by Gasteiger charge is -2.31. The van der Waals surface area contributed by atoms with Crippen LogP contribution in [-0.2, 0) is 11.3 Å². The van der Waals surface area contributed by atoms with E-state index in [9.17, 15) is 0 Å². The first-order chi connectivity index (χ1) is 7.70. The van der Waals surface area contributed by atoms with Gasteiger partial charge in [0.2, 0.25) is 0 Å². The van der Waals surface area contributed by atoms with E-state index < -0.39 is 0 Å². The van der Waals surface area contributed by atoms with Crippen molar-refractivity contribution >= 4 is 0 Å². The summed E-state index contributed by atoms with van der Waals surface area (Å²) in [5.41, 5.74) is 3.45. The summed E-state index contributed by atoms with van der Waals surface area (Å²) in [6.45, 7) is 7.44. The van der Waals surface area contributed by atoms with Crippen molar-refractivity contribution in [3.05, 3.63) is 17.0 Å². The lowest BCUT2D eigenvalue weighted by Crippen LogP contribution is -2.43. The van der Waals surface area contributed by atoms with Gasteiger partial charge in [-0.05, 0) is 13.8 Å². The largest absolute Gasteiger partial charge is 0.394 e. The van der Waals surface area contributed by atoms with Gasteiger partial charge in [-0.3, -0.25) is 10.00 Å². The number of aliphatic hydroxyl groups is 1. The number of aromatic nitrogens is 2. The number of rotatable bonds is 3. The highest BCUT2D eigenvalue weighted by atomic mass is 16.5. The van der Waals surface area contributed by atoms with Crippen LogP contribution in [0.15, 0.2) is 0 Å². The number of nitrogens with one attached hydrogen (secondary N) is 1. The van der Waals surface area contributed by atoms with Crippen molar-refractivity contribution < 1.29 is 9.84 Å².